The van der Waals surface area contributed by atoms with Crippen molar-refractivity contribution in [2.24, 2.45) is 0 Å². The third kappa shape index (κ3) is 4.15. The largest absolute Gasteiger partial charge is 0.378 e. The second-order valence-electron chi connectivity index (χ2n) is 7.82. The summed E-state index contributed by atoms with van der Waals surface area (Å²) in [5, 5.41) is 0. The Balaban J connectivity index is 1.50. The molecular formula is C22H27NO4S. The Kier molecular flexibility index (Phi) is 5.56. The van der Waals surface area contributed by atoms with Gasteiger partial charge < -0.3 is 9.47 Å². The molecule has 2 aliphatic rings. The van der Waals surface area contributed by atoms with Crippen LogP contribution < -0.4 is 0 Å². The lowest BCUT2D eigenvalue weighted by molar-refractivity contribution is -0.161. The molecule has 0 amide bonds. The highest BCUT2D eigenvalue weighted by Gasteiger charge is 2.44. The van der Waals surface area contributed by atoms with Crippen LogP contribution in [0.3, 0.4) is 0 Å². The van der Waals surface area contributed by atoms with Crippen molar-refractivity contribution >= 4 is 10.0 Å². The van der Waals surface area contributed by atoms with E-state index in [9.17, 15) is 8.42 Å². The molecule has 0 N–H and O–H groups in total. The van der Waals surface area contributed by atoms with E-state index in [4.69, 9.17) is 9.47 Å². The second-order valence-corrected chi connectivity index (χ2v) is 9.76. The molecule has 4 rings (SSSR count). The van der Waals surface area contributed by atoms with Gasteiger partial charge in [-0.1, -0.05) is 48.0 Å². The van der Waals surface area contributed by atoms with Gasteiger partial charge in [0.25, 0.3) is 0 Å². The number of hydrogen-bond acceptors (Lipinski definition) is 4. The summed E-state index contributed by atoms with van der Waals surface area (Å²) in [6.45, 7) is 3.74. The van der Waals surface area contributed by atoms with Crippen molar-refractivity contribution in [3.63, 3.8) is 0 Å². The molecule has 0 unspecified atom stereocenters. The molecule has 2 fully saturated rings. The highest BCUT2D eigenvalue weighted by atomic mass is 32.2. The maximum absolute atomic E-state index is 13.1. The molecule has 2 heterocycles. The van der Waals surface area contributed by atoms with Crippen LogP contribution in [0.2, 0.25) is 0 Å². The first-order chi connectivity index (χ1) is 13.5. The van der Waals surface area contributed by atoms with E-state index in [2.05, 4.69) is 12.1 Å². The number of morpholine rings is 1. The summed E-state index contributed by atoms with van der Waals surface area (Å²) in [4.78, 5) is 0.350. The average molecular weight is 402 g/mol. The molecule has 1 spiro atoms. The van der Waals surface area contributed by atoms with E-state index >= 15 is 0 Å². The zero-order chi connectivity index (χ0) is 19.6. The molecule has 150 valence electrons. The zero-order valence-corrected chi connectivity index (χ0v) is 17.0. The summed E-state index contributed by atoms with van der Waals surface area (Å²) in [7, 11) is -3.52. The Labute approximate surface area is 167 Å². The van der Waals surface area contributed by atoms with Crippen LogP contribution in [0, 0.1) is 6.92 Å². The topological polar surface area (TPSA) is 55.8 Å². The van der Waals surface area contributed by atoms with E-state index in [1.54, 1.807) is 16.4 Å². The van der Waals surface area contributed by atoms with Crippen molar-refractivity contribution < 1.29 is 17.9 Å². The number of nitrogens with zero attached hydrogens (tertiary/aromatic N) is 1. The van der Waals surface area contributed by atoms with Gasteiger partial charge in [-0.2, -0.15) is 4.31 Å². The van der Waals surface area contributed by atoms with Crippen molar-refractivity contribution in [3.8, 4) is 0 Å². The van der Waals surface area contributed by atoms with Gasteiger partial charge in [0.15, 0.2) is 0 Å². The molecule has 2 atom stereocenters. The molecule has 5 nitrogen and oxygen atoms in total. The van der Waals surface area contributed by atoms with Gasteiger partial charge in [0.05, 0.1) is 23.2 Å². The molecular weight excluding hydrogens is 374 g/mol. The smallest absolute Gasteiger partial charge is 0.243 e. The molecule has 0 bridgehead atoms. The Hall–Kier alpha value is -1.73. The van der Waals surface area contributed by atoms with E-state index < -0.39 is 15.6 Å². The summed E-state index contributed by atoms with van der Waals surface area (Å²) in [6, 6.07) is 17.3. The lowest BCUT2D eigenvalue weighted by Gasteiger charge is -2.46. The highest BCUT2D eigenvalue weighted by molar-refractivity contribution is 7.89. The van der Waals surface area contributed by atoms with Crippen molar-refractivity contribution in [2.75, 3.05) is 26.3 Å². The van der Waals surface area contributed by atoms with Gasteiger partial charge in [-0.15, -0.1) is 0 Å². The predicted molar refractivity (Wildman–Crippen MR) is 108 cm³/mol. The number of hydrogen-bond donors (Lipinski definition) is 0. The van der Waals surface area contributed by atoms with Crippen LogP contribution in [0.4, 0.5) is 0 Å². The third-order valence-corrected chi connectivity index (χ3v) is 7.55. The van der Waals surface area contributed by atoms with Crippen LogP contribution in [0.15, 0.2) is 59.5 Å². The summed E-state index contributed by atoms with van der Waals surface area (Å²) in [5.41, 5.74) is 1.81. The van der Waals surface area contributed by atoms with Crippen LogP contribution >= 0.6 is 0 Å². The fourth-order valence-corrected chi connectivity index (χ4v) is 5.64. The Bertz CT molecular complexity index is 894. The van der Waals surface area contributed by atoms with Crippen LogP contribution in [0.5, 0.6) is 0 Å². The van der Waals surface area contributed by atoms with E-state index in [-0.39, 0.29) is 6.10 Å². The molecule has 2 aromatic carbocycles. The maximum Gasteiger partial charge on any atom is 0.243 e. The summed E-state index contributed by atoms with van der Waals surface area (Å²) < 4.78 is 40.0. The lowest BCUT2D eigenvalue weighted by Crippen LogP contribution is -2.57. The van der Waals surface area contributed by atoms with Crippen molar-refractivity contribution in [2.45, 2.75) is 42.8 Å². The average Bonchev–Trinajstić information content (AvgIpc) is 2.69. The summed E-state index contributed by atoms with van der Waals surface area (Å²) in [5.74, 6) is 0. The van der Waals surface area contributed by atoms with Crippen LogP contribution in [-0.2, 0) is 25.9 Å². The summed E-state index contributed by atoms with van der Waals surface area (Å²) >= 11 is 0. The molecule has 2 saturated heterocycles. The highest BCUT2D eigenvalue weighted by Crippen LogP contribution is 2.35. The molecule has 2 aromatic rings. The molecule has 0 radical (unpaired) electrons. The zero-order valence-electron chi connectivity index (χ0n) is 16.2. The first-order valence-corrected chi connectivity index (χ1v) is 11.3. The standard InChI is InChI=1S/C22H27NO4S/c1-18-7-9-21(10-8-18)28(24,25)23-12-14-27-22(17-23)11-13-26-20(16-22)15-19-5-3-2-4-6-19/h2-10,20H,11-17H2,1H3/t20-,22-/m1/s1. The molecule has 0 aromatic heterocycles. The van der Waals surface area contributed by atoms with Crippen molar-refractivity contribution in [1.82, 2.24) is 4.31 Å². The van der Waals surface area contributed by atoms with Gasteiger partial charge >= 0.3 is 0 Å². The first kappa shape index (κ1) is 19.6. The van der Waals surface area contributed by atoms with Gasteiger partial charge in [0, 0.05) is 32.5 Å². The van der Waals surface area contributed by atoms with Crippen molar-refractivity contribution in [1.29, 1.82) is 0 Å². The minimum atomic E-state index is -3.52. The third-order valence-electron chi connectivity index (χ3n) is 5.69. The fraction of sp³-hybridized carbons (Fsp3) is 0.455. The number of aryl methyl sites for hydroxylation is 1. The molecule has 0 saturated carbocycles. The summed E-state index contributed by atoms with van der Waals surface area (Å²) in [6.07, 6.45) is 2.29. The van der Waals surface area contributed by atoms with E-state index in [1.165, 1.54) is 5.56 Å². The monoisotopic (exact) mass is 401 g/mol. The number of benzene rings is 2. The number of sulfonamides is 1. The Morgan fingerprint density at radius 1 is 1.07 bits per heavy atom. The molecule has 0 aliphatic carbocycles. The van der Waals surface area contributed by atoms with Gasteiger partial charge in [-0.25, -0.2) is 8.42 Å². The van der Waals surface area contributed by atoms with Crippen LogP contribution in [-0.4, -0.2) is 50.7 Å². The van der Waals surface area contributed by atoms with Gasteiger partial charge in [-0.05, 0) is 31.0 Å². The first-order valence-electron chi connectivity index (χ1n) is 9.83. The number of rotatable bonds is 4. The van der Waals surface area contributed by atoms with Gasteiger partial charge in [0.2, 0.25) is 10.0 Å². The quantitative estimate of drug-likeness (QED) is 0.790. The predicted octanol–water partition coefficient (Wildman–Crippen LogP) is 3.18. The lowest BCUT2D eigenvalue weighted by atomic mass is 9.87. The molecule has 28 heavy (non-hydrogen) atoms. The second kappa shape index (κ2) is 7.95. The Morgan fingerprint density at radius 2 is 1.82 bits per heavy atom. The van der Waals surface area contributed by atoms with Gasteiger partial charge in [0.1, 0.15) is 0 Å². The normalized spacial score (nSPS) is 26.4. The van der Waals surface area contributed by atoms with E-state index in [1.807, 2.05) is 37.3 Å². The Morgan fingerprint density at radius 3 is 2.57 bits per heavy atom. The minimum absolute atomic E-state index is 0.0400. The van der Waals surface area contributed by atoms with E-state index in [0.29, 0.717) is 37.6 Å². The maximum atomic E-state index is 13.1. The minimum Gasteiger partial charge on any atom is -0.378 e. The van der Waals surface area contributed by atoms with Crippen LogP contribution in [0.25, 0.3) is 0 Å². The SMILES string of the molecule is Cc1ccc(S(=O)(=O)N2CCO[C@@]3(CCO[C@H](Cc4ccccc4)C3)C2)cc1. The molecule has 6 heteroatoms. The van der Waals surface area contributed by atoms with Gasteiger partial charge in [-0.3, -0.25) is 0 Å². The fourth-order valence-electron chi connectivity index (χ4n) is 4.14. The number of ether oxygens (including phenoxy) is 2. The van der Waals surface area contributed by atoms with Crippen molar-refractivity contribution in [3.05, 3.63) is 65.7 Å². The van der Waals surface area contributed by atoms with E-state index in [0.717, 1.165) is 18.4 Å². The van der Waals surface area contributed by atoms with Crippen LogP contribution in [0.1, 0.15) is 24.0 Å². The molecule has 2 aliphatic heterocycles.